The van der Waals surface area contributed by atoms with Crippen LogP contribution in [0.15, 0.2) is 57.8 Å². The first kappa shape index (κ1) is 13.6. The number of nitrogens with two attached hydrogens (primary N) is 1. The Morgan fingerprint density at radius 1 is 1.19 bits per heavy atom. The van der Waals surface area contributed by atoms with Crippen LogP contribution in [0.1, 0.15) is 10.6 Å². The number of hydrogen-bond donors (Lipinski definition) is 2. The topological polar surface area (TPSA) is 68.3 Å². The zero-order valence-electron chi connectivity index (χ0n) is 11.4. The average molecular weight is 298 g/mol. The molecule has 1 heterocycles. The molecule has 106 valence electrons. The fourth-order valence-electron chi connectivity index (χ4n) is 2.11. The normalized spacial score (nSPS) is 10.7. The van der Waals surface area contributed by atoms with Gasteiger partial charge in [0.1, 0.15) is 5.58 Å². The van der Waals surface area contributed by atoms with Gasteiger partial charge in [-0.3, -0.25) is 4.79 Å². The number of furan rings is 1. The number of nitrogens with one attached hydrogen (secondary N) is 1. The second-order valence-electron chi connectivity index (χ2n) is 4.56. The molecule has 0 fully saturated rings. The number of carbonyl (C=O) groups is 1. The predicted octanol–water partition coefficient (Wildman–Crippen LogP) is 3.99. The second-order valence-corrected chi connectivity index (χ2v) is 5.41. The number of rotatable bonds is 3. The third kappa shape index (κ3) is 2.73. The van der Waals surface area contributed by atoms with Gasteiger partial charge in [-0.05, 0) is 42.7 Å². The average Bonchev–Trinajstić information content (AvgIpc) is 2.91. The van der Waals surface area contributed by atoms with E-state index < -0.39 is 0 Å². The van der Waals surface area contributed by atoms with Crippen LogP contribution in [0, 0.1) is 0 Å². The number of nitrogen functional groups attached to an aromatic ring is 1. The van der Waals surface area contributed by atoms with Crippen molar-refractivity contribution in [3.63, 3.8) is 0 Å². The van der Waals surface area contributed by atoms with Gasteiger partial charge in [-0.2, -0.15) is 0 Å². The third-order valence-corrected chi connectivity index (χ3v) is 3.92. The fourth-order valence-corrected chi connectivity index (χ4v) is 2.66. The largest absolute Gasteiger partial charge is 0.451 e. The number of para-hydroxylation sites is 1. The van der Waals surface area contributed by atoms with Gasteiger partial charge < -0.3 is 15.5 Å². The number of fused-ring (bicyclic) bond motifs is 1. The number of amides is 1. The van der Waals surface area contributed by atoms with Gasteiger partial charge in [0.2, 0.25) is 0 Å². The Hall–Kier alpha value is -2.40. The Morgan fingerprint density at radius 3 is 2.81 bits per heavy atom. The zero-order chi connectivity index (χ0) is 14.8. The van der Waals surface area contributed by atoms with Gasteiger partial charge in [0.15, 0.2) is 5.76 Å². The number of thioether (sulfide) groups is 1. The molecule has 21 heavy (non-hydrogen) atoms. The minimum atomic E-state index is -0.272. The summed E-state index contributed by atoms with van der Waals surface area (Å²) in [4.78, 5) is 13.3. The molecule has 0 aliphatic heterocycles. The molecule has 0 radical (unpaired) electrons. The van der Waals surface area contributed by atoms with E-state index in [1.807, 2.05) is 30.5 Å². The number of carbonyl (C=O) groups excluding carboxylic acids is 1. The van der Waals surface area contributed by atoms with E-state index in [1.54, 1.807) is 36.0 Å². The molecule has 3 aromatic rings. The van der Waals surface area contributed by atoms with Gasteiger partial charge in [0.05, 0.1) is 5.69 Å². The molecule has 0 saturated carbocycles. The Balaban J connectivity index is 1.90. The molecular weight excluding hydrogens is 284 g/mol. The molecule has 0 bridgehead atoms. The highest BCUT2D eigenvalue weighted by Gasteiger charge is 2.14. The molecule has 3 rings (SSSR count). The standard InChI is InChI=1S/C16H14N2O2S/c1-21-15-5-3-2-4-12(15)18-16(19)14-9-10-8-11(17)6-7-13(10)20-14/h2-9H,17H2,1H3,(H,18,19). The van der Waals surface area contributed by atoms with Crippen LogP contribution in [-0.4, -0.2) is 12.2 Å². The summed E-state index contributed by atoms with van der Waals surface area (Å²) in [7, 11) is 0. The van der Waals surface area contributed by atoms with E-state index in [0.717, 1.165) is 16.0 Å². The van der Waals surface area contributed by atoms with Crippen molar-refractivity contribution in [2.24, 2.45) is 0 Å². The SMILES string of the molecule is CSc1ccccc1NC(=O)c1cc2cc(N)ccc2o1. The molecule has 0 spiro atoms. The lowest BCUT2D eigenvalue weighted by atomic mass is 10.2. The highest BCUT2D eigenvalue weighted by molar-refractivity contribution is 7.98. The Kier molecular flexibility index (Phi) is 3.58. The summed E-state index contributed by atoms with van der Waals surface area (Å²) < 4.78 is 5.56. The van der Waals surface area contributed by atoms with Crippen molar-refractivity contribution in [2.45, 2.75) is 4.90 Å². The maximum absolute atomic E-state index is 12.3. The molecule has 2 aromatic carbocycles. The fraction of sp³-hybridized carbons (Fsp3) is 0.0625. The highest BCUT2D eigenvalue weighted by atomic mass is 32.2. The van der Waals surface area contributed by atoms with Crippen LogP contribution in [0.3, 0.4) is 0 Å². The van der Waals surface area contributed by atoms with E-state index in [9.17, 15) is 4.79 Å². The minimum absolute atomic E-state index is 0.270. The van der Waals surface area contributed by atoms with Gasteiger partial charge in [0, 0.05) is 16.0 Å². The number of benzene rings is 2. The Bertz CT molecular complexity index is 811. The smallest absolute Gasteiger partial charge is 0.291 e. The van der Waals surface area contributed by atoms with E-state index >= 15 is 0 Å². The summed E-state index contributed by atoms with van der Waals surface area (Å²) in [5.41, 5.74) is 7.79. The molecule has 0 aliphatic carbocycles. The van der Waals surface area contributed by atoms with Crippen molar-refractivity contribution in [1.29, 1.82) is 0 Å². The van der Waals surface area contributed by atoms with Crippen LogP contribution >= 0.6 is 11.8 Å². The molecule has 3 N–H and O–H groups in total. The van der Waals surface area contributed by atoms with Crippen molar-refractivity contribution >= 4 is 40.0 Å². The van der Waals surface area contributed by atoms with Crippen LogP contribution in [0.25, 0.3) is 11.0 Å². The minimum Gasteiger partial charge on any atom is -0.451 e. The van der Waals surface area contributed by atoms with Gasteiger partial charge in [-0.15, -0.1) is 11.8 Å². The van der Waals surface area contributed by atoms with E-state index in [2.05, 4.69) is 5.32 Å². The molecule has 5 heteroatoms. The van der Waals surface area contributed by atoms with Crippen LogP contribution in [0.5, 0.6) is 0 Å². The zero-order valence-corrected chi connectivity index (χ0v) is 12.2. The first-order chi connectivity index (χ1) is 10.2. The van der Waals surface area contributed by atoms with Crippen molar-refractivity contribution in [2.75, 3.05) is 17.3 Å². The lowest BCUT2D eigenvalue weighted by Gasteiger charge is -2.07. The molecule has 1 amide bonds. The van der Waals surface area contributed by atoms with Crippen molar-refractivity contribution in [3.05, 3.63) is 54.3 Å². The van der Waals surface area contributed by atoms with Gasteiger partial charge in [0.25, 0.3) is 5.91 Å². The maximum Gasteiger partial charge on any atom is 0.291 e. The molecule has 4 nitrogen and oxygen atoms in total. The molecule has 0 unspecified atom stereocenters. The van der Waals surface area contributed by atoms with Gasteiger partial charge in [-0.1, -0.05) is 12.1 Å². The van der Waals surface area contributed by atoms with Gasteiger partial charge >= 0.3 is 0 Å². The molecule has 0 aliphatic rings. The summed E-state index contributed by atoms with van der Waals surface area (Å²) >= 11 is 1.58. The van der Waals surface area contributed by atoms with Crippen molar-refractivity contribution in [3.8, 4) is 0 Å². The van der Waals surface area contributed by atoms with E-state index in [-0.39, 0.29) is 11.7 Å². The molecule has 1 aromatic heterocycles. The van der Waals surface area contributed by atoms with Crippen LogP contribution < -0.4 is 11.1 Å². The van der Waals surface area contributed by atoms with Crippen LogP contribution in [0.2, 0.25) is 0 Å². The maximum atomic E-state index is 12.3. The van der Waals surface area contributed by atoms with E-state index in [1.165, 1.54) is 0 Å². The first-order valence-corrected chi connectivity index (χ1v) is 7.63. The molecule has 0 atom stereocenters. The Morgan fingerprint density at radius 2 is 2.00 bits per heavy atom. The lowest BCUT2D eigenvalue weighted by molar-refractivity contribution is 0.0998. The number of anilines is 2. The van der Waals surface area contributed by atoms with E-state index in [4.69, 9.17) is 10.2 Å². The summed E-state index contributed by atoms with van der Waals surface area (Å²) in [6.45, 7) is 0. The Labute approximate surface area is 126 Å². The lowest BCUT2D eigenvalue weighted by Crippen LogP contribution is -2.11. The summed E-state index contributed by atoms with van der Waals surface area (Å²) in [6, 6.07) is 14.6. The monoisotopic (exact) mass is 298 g/mol. The van der Waals surface area contributed by atoms with Crippen LogP contribution in [0.4, 0.5) is 11.4 Å². The highest BCUT2D eigenvalue weighted by Crippen LogP contribution is 2.26. The summed E-state index contributed by atoms with van der Waals surface area (Å²) in [6.07, 6.45) is 1.97. The predicted molar refractivity (Wildman–Crippen MR) is 86.8 cm³/mol. The summed E-state index contributed by atoms with van der Waals surface area (Å²) in [5.74, 6) is -0.00206. The number of hydrogen-bond acceptors (Lipinski definition) is 4. The molecule has 0 saturated heterocycles. The van der Waals surface area contributed by atoms with Crippen molar-refractivity contribution in [1.82, 2.24) is 0 Å². The quantitative estimate of drug-likeness (QED) is 0.566. The van der Waals surface area contributed by atoms with Crippen LogP contribution in [-0.2, 0) is 0 Å². The second kappa shape index (κ2) is 5.54. The van der Waals surface area contributed by atoms with Gasteiger partial charge in [-0.25, -0.2) is 0 Å². The summed E-state index contributed by atoms with van der Waals surface area (Å²) in [5, 5.41) is 3.69. The van der Waals surface area contributed by atoms with E-state index in [0.29, 0.717) is 11.3 Å². The molecular formula is C16H14N2O2S. The first-order valence-electron chi connectivity index (χ1n) is 6.41. The van der Waals surface area contributed by atoms with Crippen molar-refractivity contribution < 1.29 is 9.21 Å². The third-order valence-electron chi connectivity index (χ3n) is 3.12.